The van der Waals surface area contributed by atoms with Crippen molar-refractivity contribution in [1.29, 1.82) is 0 Å². The summed E-state index contributed by atoms with van der Waals surface area (Å²) in [6.07, 6.45) is 4.52. The molecule has 0 radical (unpaired) electrons. The number of rotatable bonds is 6. The summed E-state index contributed by atoms with van der Waals surface area (Å²) in [6, 6.07) is 4.74. The first-order valence-corrected chi connectivity index (χ1v) is 9.59. The molecule has 2 aromatic rings. The van der Waals surface area contributed by atoms with Crippen LogP contribution < -0.4 is 10.1 Å². The van der Waals surface area contributed by atoms with E-state index < -0.39 is 5.82 Å². The lowest BCUT2D eigenvalue weighted by molar-refractivity contribution is 0.188. The summed E-state index contributed by atoms with van der Waals surface area (Å²) in [6.45, 7) is 4.17. The maximum atomic E-state index is 14.3. The van der Waals surface area contributed by atoms with Gasteiger partial charge in [0.25, 0.3) is 5.89 Å². The van der Waals surface area contributed by atoms with E-state index in [0.717, 1.165) is 25.9 Å². The number of aryl methyl sites for hydroxylation is 1. The van der Waals surface area contributed by atoms with Crippen molar-refractivity contribution in [1.82, 2.24) is 15.5 Å². The summed E-state index contributed by atoms with van der Waals surface area (Å²) in [5, 5.41) is 11.1. The SMILES string of the molecule is Cc1nnc(-c2ccc(OCCC3(C4CCNCC4Cl)CC3)cc2F)o1. The summed E-state index contributed by atoms with van der Waals surface area (Å²) in [5.74, 6) is 1.24. The van der Waals surface area contributed by atoms with Crippen LogP contribution in [0.4, 0.5) is 4.39 Å². The van der Waals surface area contributed by atoms with Crippen molar-refractivity contribution in [3.05, 3.63) is 29.9 Å². The molecule has 1 N–H and O–H groups in total. The third kappa shape index (κ3) is 3.58. The number of benzene rings is 1. The van der Waals surface area contributed by atoms with Crippen molar-refractivity contribution >= 4 is 11.6 Å². The molecule has 1 aliphatic carbocycles. The Hall–Kier alpha value is -1.66. The Bertz CT molecular complexity index is 778. The number of hydrogen-bond acceptors (Lipinski definition) is 5. The first kappa shape index (κ1) is 17.7. The van der Waals surface area contributed by atoms with Crippen LogP contribution in [0.3, 0.4) is 0 Å². The molecule has 2 aliphatic rings. The van der Waals surface area contributed by atoms with E-state index in [1.807, 2.05) is 0 Å². The second-order valence-corrected chi connectivity index (χ2v) is 7.90. The molecular weight excluding hydrogens is 357 g/mol. The second kappa shape index (κ2) is 7.16. The number of alkyl halides is 1. The quantitative estimate of drug-likeness (QED) is 0.770. The minimum atomic E-state index is -0.425. The Kier molecular flexibility index (Phi) is 4.88. The van der Waals surface area contributed by atoms with Gasteiger partial charge in [0.1, 0.15) is 11.6 Å². The van der Waals surface area contributed by atoms with E-state index in [4.69, 9.17) is 20.8 Å². The monoisotopic (exact) mass is 379 g/mol. The lowest BCUT2D eigenvalue weighted by atomic mass is 9.80. The van der Waals surface area contributed by atoms with Gasteiger partial charge in [-0.2, -0.15) is 0 Å². The fourth-order valence-electron chi connectivity index (χ4n) is 4.01. The maximum absolute atomic E-state index is 14.3. The Labute approximate surface area is 157 Å². The van der Waals surface area contributed by atoms with E-state index in [-0.39, 0.29) is 16.8 Å². The Morgan fingerprint density at radius 3 is 2.88 bits per heavy atom. The normalized spacial score (nSPS) is 24.4. The summed E-state index contributed by atoms with van der Waals surface area (Å²) >= 11 is 6.53. The van der Waals surface area contributed by atoms with Crippen LogP contribution >= 0.6 is 11.6 Å². The highest BCUT2D eigenvalue weighted by molar-refractivity contribution is 6.21. The fourth-order valence-corrected chi connectivity index (χ4v) is 4.52. The first-order valence-electron chi connectivity index (χ1n) is 9.15. The summed E-state index contributed by atoms with van der Waals surface area (Å²) < 4.78 is 25.4. The third-order valence-electron chi connectivity index (χ3n) is 5.65. The minimum Gasteiger partial charge on any atom is -0.493 e. The molecular formula is C19H23ClFN3O2. The number of halogens is 2. The van der Waals surface area contributed by atoms with Gasteiger partial charge >= 0.3 is 0 Å². The molecule has 2 heterocycles. The largest absolute Gasteiger partial charge is 0.493 e. The number of nitrogens with one attached hydrogen (secondary N) is 1. The van der Waals surface area contributed by atoms with Gasteiger partial charge in [-0.3, -0.25) is 0 Å². The van der Waals surface area contributed by atoms with Crippen molar-refractivity contribution in [2.45, 2.75) is 38.0 Å². The van der Waals surface area contributed by atoms with E-state index in [1.54, 1.807) is 19.1 Å². The minimum absolute atomic E-state index is 0.183. The zero-order chi connectivity index (χ0) is 18.1. The number of ether oxygens (including phenoxy) is 1. The highest BCUT2D eigenvalue weighted by atomic mass is 35.5. The molecule has 4 rings (SSSR count). The molecule has 2 atom stereocenters. The van der Waals surface area contributed by atoms with Crippen LogP contribution in [0.5, 0.6) is 5.75 Å². The zero-order valence-electron chi connectivity index (χ0n) is 14.8. The predicted molar refractivity (Wildman–Crippen MR) is 96.8 cm³/mol. The van der Waals surface area contributed by atoms with Gasteiger partial charge in [0, 0.05) is 24.9 Å². The molecule has 140 valence electrons. The van der Waals surface area contributed by atoms with E-state index in [0.29, 0.717) is 29.6 Å². The molecule has 1 saturated heterocycles. The summed E-state index contributed by atoms with van der Waals surface area (Å²) in [5.41, 5.74) is 0.602. The highest BCUT2D eigenvalue weighted by Crippen LogP contribution is 2.58. The van der Waals surface area contributed by atoms with E-state index in [2.05, 4.69) is 15.5 Å². The maximum Gasteiger partial charge on any atom is 0.250 e. The highest BCUT2D eigenvalue weighted by Gasteiger charge is 2.51. The van der Waals surface area contributed by atoms with Crippen LogP contribution in [0.2, 0.25) is 0 Å². The number of piperidine rings is 1. The fraction of sp³-hybridized carbons (Fsp3) is 0.579. The average molecular weight is 380 g/mol. The van der Waals surface area contributed by atoms with Gasteiger partial charge in [0.15, 0.2) is 0 Å². The van der Waals surface area contributed by atoms with E-state index >= 15 is 0 Å². The first-order chi connectivity index (χ1) is 12.6. The van der Waals surface area contributed by atoms with Gasteiger partial charge < -0.3 is 14.5 Å². The van der Waals surface area contributed by atoms with Crippen LogP contribution in [-0.2, 0) is 0 Å². The van der Waals surface area contributed by atoms with Gasteiger partial charge in [0.2, 0.25) is 5.89 Å². The average Bonchev–Trinajstić information content (AvgIpc) is 3.28. The Morgan fingerprint density at radius 2 is 2.23 bits per heavy atom. The molecule has 5 nitrogen and oxygen atoms in total. The number of hydrogen-bond donors (Lipinski definition) is 1. The molecule has 1 aromatic heterocycles. The van der Waals surface area contributed by atoms with Crippen LogP contribution in [-0.4, -0.2) is 35.3 Å². The van der Waals surface area contributed by atoms with Crippen molar-refractivity contribution in [2.24, 2.45) is 11.3 Å². The van der Waals surface area contributed by atoms with E-state index in [1.165, 1.54) is 18.9 Å². The molecule has 0 bridgehead atoms. The molecule has 0 amide bonds. The smallest absolute Gasteiger partial charge is 0.250 e. The van der Waals surface area contributed by atoms with Gasteiger partial charge in [-0.15, -0.1) is 21.8 Å². The van der Waals surface area contributed by atoms with Crippen molar-refractivity contribution < 1.29 is 13.5 Å². The Balaban J connectivity index is 1.36. The van der Waals surface area contributed by atoms with Crippen molar-refractivity contribution in [3.8, 4) is 17.2 Å². The molecule has 2 unspecified atom stereocenters. The van der Waals surface area contributed by atoms with Gasteiger partial charge in [0.05, 0.1) is 12.2 Å². The van der Waals surface area contributed by atoms with Crippen LogP contribution in [0.25, 0.3) is 11.5 Å². The van der Waals surface area contributed by atoms with Gasteiger partial charge in [-0.25, -0.2) is 4.39 Å². The van der Waals surface area contributed by atoms with Crippen LogP contribution in [0.15, 0.2) is 22.6 Å². The van der Waals surface area contributed by atoms with Crippen LogP contribution in [0.1, 0.15) is 31.6 Å². The lowest BCUT2D eigenvalue weighted by Crippen LogP contribution is -2.41. The second-order valence-electron chi connectivity index (χ2n) is 7.34. The molecule has 7 heteroatoms. The molecule has 1 aromatic carbocycles. The van der Waals surface area contributed by atoms with Gasteiger partial charge in [-0.1, -0.05) is 0 Å². The Morgan fingerprint density at radius 1 is 1.38 bits per heavy atom. The van der Waals surface area contributed by atoms with Crippen LogP contribution in [0, 0.1) is 24.1 Å². The van der Waals surface area contributed by atoms with Gasteiger partial charge in [-0.05, 0) is 55.7 Å². The van der Waals surface area contributed by atoms with Crippen molar-refractivity contribution in [2.75, 3.05) is 19.7 Å². The molecule has 26 heavy (non-hydrogen) atoms. The van der Waals surface area contributed by atoms with E-state index in [9.17, 15) is 4.39 Å². The zero-order valence-corrected chi connectivity index (χ0v) is 15.6. The topological polar surface area (TPSA) is 60.2 Å². The summed E-state index contributed by atoms with van der Waals surface area (Å²) in [4.78, 5) is 0. The molecule has 1 aliphatic heterocycles. The summed E-state index contributed by atoms with van der Waals surface area (Å²) in [7, 11) is 0. The lowest BCUT2D eigenvalue weighted by Gasteiger charge is -2.34. The number of aromatic nitrogens is 2. The van der Waals surface area contributed by atoms with Crippen molar-refractivity contribution in [3.63, 3.8) is 0 Å². The number of nitrogens with zero attached hydrogens (tertiary/aromatic N) is 2. The molecule has 1 saturated carbocycles. The predicted octanol–water partition coefficient (Wildman–Crippen LogP) is 3.95. The molecule has 0 spiro atoms. The third-order valence-corrected chi connectivity index (χ3v) is 6.11. The molecule has 2 fully saturated rings. The standard InChI is InChI=1S/C19H23ClFN3O2/c1-12-23-24-18(26-12)14-3-2-13(10-17(14)21)25-9-7-19(5-6-19)15-4-8-22-11-16(15)20/h2-3,10,15-16,22H,4-9,11H2,1H3.